The van der Waals surface area contributed by atoms with Crippen molar-refractivity contribution in [3.8, 4) is 0 Å². The topological polar surface area (TPSA) is 68.0 Å². The number of pyridine rings is 1. The number of urea groups is 1. The molecule has 0 aromatic carbocycles. The number of primary amides is 1. The summed E-state index contributed by atoms with van der Waals surface area (Å²) in [6, 6.07) is 1.84. The van der Waals surface area contributed by atoms with Crippen molar-refractivity contribution in [3.05, 3.63) is 29.8 Å². The van der Waals surface area contributed by atoms with Gasteiger partial charge >= 0.3 is 6.03 Å². The zero-order valence-electron chi connectivity index (χ0n) is 7.12. The van der Waals surface area contributed by atoms with Crippen molar-refractivity contribution in [2.45, 2.75) is 13.0 Å². The van der Waals surface area contributed by atoms with Crippen molar-refractivity contribution in [3.63, 3.8) is 0 Å². The second-order valence-corrected chi connectivity index (χ2v) is 2.63. The lowest BCUT2D eigenvalue weighted by Gasteiger charge is -2.10. The first-order valence-electron chi connectivity index (χ1n) is 3.77. The highest BCUT2D eigenvalue weighted by Crippen LogP contribution is 2.08. The largest absolute Gasteiger partial charge is 0.352 e. The second-order valence-electron chi connectivity index (χ2n) is 2.63. The highest BCUT2D eigenvalue weighted by Gasteiger charge is 2.07. The Morgan fingerprint density at radius 1 is 1.69 bits per heavy atom. The number of aromatic nitrogens is 1. The minimum atomic E-state index is -0.626. The number of hydrogen-bond donors (Lipinski definition) is 2. The van der Waals surface area contributed by atoms with Crippen LogP contribution in [0.1, 0.15) is 18.7 Å². The Hall–Kier alpha value is -1.65. The van der Waals surface area contributed by atoms with Crippen LogP contribution in [0.3, 0.4) is 0 Å². The molecule has 3 N–H and O–H groups in total. The summed E-state index contributed by atoms with van der Waals surface area (Å²) in [7, 11) is 0. The van der Waals surface area contributed by atoms with Gasteiger partial charge in [0, 0.05) is 0 Å². The van der Waals surface area contributed by atoms with E-state index in [4.69, 9.17) is 5.73 Å². The maximum absolute atomic E-state index is 12.4. The van der Waals surface area contributed by atoms with Crippen LogP contribution >= 0.6 is 0 Å². The summed E-state index contributed by atoms with van der Waals surface area (Å²) in [4.78, 5) is 14.2. The van der Waals surface area contributed by atoms with Crippen molar-refractivity contribution in [2.75, 3.05) is 0 Å². The lowest BCUT2D eigenvalue weighted by molar-refractivity contribution is 0.246. The average molecular weight is 183 g/mol. The van der Waals surface area contributed by atoms with Crippen LogP contribution in [0.15, 0.2) is 18.3 Å². The molecule has 0 bridgehead atoms. The van der Waals surface area contributed by atoms with Crippen LogP contribution in [-0.2, 0) is 0 Å². The fourth-order valence-electron chi connectivity index (χ4n) is 0.931. The third-order valence-corrected chi connectivity index (χ3v) is 1.55. The van der Waals surface area contributed by atoms with Gasteiger partial charge in [-0.15, -0.1) is 0 Å². The van der Waals surface area contributed by atoms with Crippen LogP contribution in [0.2, 0.25) is 0 Å². The van der Waals surface area contributed by atoms with E-state index in [2.05, 4.69) is 10.3 Å². The summed E-state index contributed by atoms with van der Waals surface area (Å²) in [6.45, 7) is 1.71. The first kappa shape index (κ1) is 9.44. The fraction of sp³-hybridized carbons (Fsp3) is 0.250. The van der Waals surface area contributed by atoms with E-state index in [1.807, 2.05) is 0 Å². The van der Waals surface area contributed by atoms with Gasteiger partial charge in [0.15, 0.2) is 0 Å². The molecular formula is C8H10FN3O. The van der Waals surface area contributed by atoms with Crippen molar-refractivity contribution in [1.82, 2.24) is 10.3 Å². The summed E-state index contributed by atoms with van der Waals surface area (Å²) in [5, 5.41) is 2.43. The third kappa shape index (κ3) is 2.70. The molecule has 0 aliphatic rings. The normalized spacial score (nSPS) is 12.2. The van der Waals surface area contributed by atoms with Crippen LogP contribution in [0.4, 0.5) is 9.18 Å². The van der Waals surface area contributed by atoms with E-state index in [0.29, 0.717) is 5.69 Å². The molecule has 0 aliphatic carbocycles. The van der Waals surface area contributed by atoms with Gasteiger partial charge in [-0.3, -0.25) is 4.98 Å². The number of nitrogens with one attached hydrogen (secondary N) is 1. The maximum atomic E-state index is 12.4. The molecule has 1 rings (SSSR count). The smallest absolute Gasteiger partial charge is 0.312 e. The molecule has 4 nitrogen and oxygen atoms in total. The van der Waals surface area contributed by atoms with E-state index >= 15 is 0 Å². The third-order valence-electron chi connectivity index (χ3n) is 1.55. The monoisotopic (exact) mass is 183 g/mol. The van der Waals surface area contributed by atoms with Crippen LogP contribution in [0, 0.1) is 5.82 Å². The Morgan fingerprint density at radius 2 is 2.38 bits per heavy atom. The zero-order chi connectivity index (χ0) is 9.84. The Kier molecular flexibility index (Phi) is 2.79. The van der Waals surface area contributed by atoms with Gasteiger partial charge in [-0.1, -0.05) is 0 Å². The van der Waals surface area contributed by atoms with Gasteiger partial charge < -0.3 is 11.1 Å². The number of amides is 2. The molecule has 5 heteroatoms. The summed E-state index contributed by atoms with van der Waals surface area (Å²) in [6.07, 6.45) is 1.09. The molecule has 13 heavy (non-hydrogen) atoms. The number of rotatable bonds is 2. The lowest BCUT2D eigenvalue weighted by Crippen LogP contribution is -2.32. The van der Waals surface area contributed by atoms with Crippen LogP contribution in [0.25, 0.3) is 0 Å². The predicted octanol–water partition coefficient (Wildman–Crippen LogP) is 0.950. The number of nitrogens with zero attached hydrogens (tertiary/aromatic N) is 1. The fourth-order valence-corrected chi connectivity index (χ4v) is 0.931. The molecule has 1 heterocycles. The molecule has 2 amide bonds. The molecule has 1 aromatic heterocycles. The van der Waals surface area contributed by atoms with Crippen LogP contribution < -0.4 is 11.1 Å². The summed E-state index contributed by atoms with van der Waals surface area (Å²) >= 11 is 0. The predicted molar refractivity (Wildman–Crippen MR) is 45.3 cm³/mol. The molecule has 1 unspecified atom stereocenters. The number of nitrogens with two attached hydrogens (primary N) is 1. The molecule has 0 radical (unpaired) electrons. The Labute approximate surface area is 75.0 Å². The van der Waals surface area contributed by atoms with Gasteiger partial charge in [0.25, 0.3) is 0 Å². The van der Waals surface area contributed by atoms with Gasteiger partial charge in [0.1, 0.15) is 5.82 Å². The molecule has 0 saturated carbocycles. The van der Waals surface area contributed by atoms with E-state index < -0.39 is 11.8 Å². The number of carbonyl (C=O) groups is 1. The quantitative estimate of drug-likeness (QED) is 0.716. The van der Waals surface area contributed by atoms with Crippen molar-refractivity contribution >= 4 is 6.03 Å². The minimum Gasteiger partial charge on any atom is -0.352 e. The van der Waals surface area contributed by atoms with Crippen molar-refractivity contribution in [1.29, 1.82) is 0 Å². The lowest BCUT2D eigenvalue weighted by atomic mass is 10.2. The molecule has 0 spiro atoms. The van der Waals surface area contributed by atoms with Crippen molar-refractivity contribution in [2.24, 2.45) is 5.73 Å². The molecule has 70 valence electrons. The molecule has 0 fully saturated rings. The summed E-state index contributed by atoms with van der Waals surface area (Å²) < 4.78 is 12.4. The first-order valence-corrected chi connectivity index (χ1v) is 3.77. The zero-order valence-corrected chi connectivity index (χ0v) is 7.12. The van der Waals surface area contributed by atoms with Crippen molar-refractivity contribution < 1.29 is 9.18 Å². The van der Waals surface area contributed by atoms with E-state index in [-0.39, 0.29) is 6.04 Å². The van der Waals surface area contributed by atoms with Gasteiger partial charge in [-0.05, 0) is 19.1 Å². The Morgan fingerprint density at radius 3 is 2.85 bits per heavy atom. The van der Waals surface area contributed by atoms with Gasteiger partial charge in [0.05, 0.1) is 17.9 Å². The summed E-state index contributed by atoms with van der Waals surface area (Å²) in [5.41, 5.74) is 5.48. The average Bonchev–Trinajstić information content (AvgIpc) is 2.04. The first-order chi connectivity index (χ1) is 6.09. The number of halogens is 1. The molecule has 0 saturated heterocycles. The van der Waals surface area contributed by atoms with Gasteiger partial charge in [-0.25, -0.2) is 9.18 Å². The van der Waals surface area contributed by atoms with E-state index in [0.717, 1.165) is 6.20 Å². The molecule has 1 aromatic rings. The van der Waals surface area contributed by atoms with Gasteiger partial charge in [-0.2, -0.15) is 0 Å². The SMILES string of the molecule is CC(NC(N)=O)c1ccc(F)cn1. The van der Waals surface area contributed by atoms with Crippen LogP contribution in [0.5, 0.6) is 0 Å². The molecular weight excluding hydrogens is 173 g/mol. The molecule has 1 atom stereocenters. The summed E-state index contributed by atoms with van der Waals surface area (Å²) in [5.74, 6) is -0.407. The minimum absolute atomic E-state index is 0.307. The second kappa shape index (κ2) is 3.84. The van der Waals surface area contributed by atoms with E-state index in [9.17, 15) is 9.18 Å². The molecule has 0 aliphatic heterocycles. The maximum Gasteiger partial charge on any atom is 0.312 e. The number of carbonyl (C=O) groups excluding carboxylic acids is 1. The highest BCUT2D eigenvalue weighted by molar-refractivity contribution is 5.72. The van der Waals surface area contributed by atoms with E-state index in [1.165, 1.54) is 12.1 Å². The Bertz CT molecular complexity index is 299. The van der Waals surface area contributed by atoms with Crippen LogP contribution in [-0.4, -0.2) is 11.0 Å². The number of hydrogen-bond acceptors (Lipinski definition) is 2. The Balaban J connectivity index is 2.71. The highest BCUT2D eigenvalue weighted by atomic mass is 19.1. The van der Waals surface area contributed by atoms with E-state index in [1.54, 1.807) is 6.92 Å². The van der Waals surface area contributed by atoms with Gasteiger partial charge in [0.2, 0.25) is 0 Å². The standard InChI is InChI=1S/C8H10FN3O/c1-5(12-8(10)13)7-3-2-6(9)4-11-7/h2-5H,1H3,(H3,10,12,13).